The van der Waals surface area contributed by atoms with Gasteiger partial charge in [-0.05, 0) is 32.9 Å². The van der Waals surface area contributed by atoms with Crippen molar-refractivity contribution in [1.82, 2.24) is 20.0 Å². The van der Waals surface area contributed by atoms with E-state index < -0.39 is 0 Å². The number of aromatic nitrogens is 2. The standard InChI is InChI=1S/C12H22N4/c1-11(2)15-8-4-12(10-15)13-6-9-16-7-3-5-14-16/h3,5,7,11-13H,4,6,8-10H2,1-2H3. The van der Waals surface area contributed by atoms with Crippen molar-refractivity contribution in [3.05, 3.63) is 18.5 Å². The predicted octanol–water partition coefficient (Wildman–Crippen LogP) is 0.955. The largest absolute Gasteiger partial charge is 0.311 e. The van der Waals surface area contributed by atoms with Crippen LogP contribution in [0.1, 0.15) is 20.3 Å². The van der Waals surface area contributed by atoms with Gasteiger partial charge in [0.05, 0.1) is 6.54 Å². The van der Waals surface area contributed by atoms with Gasteiger partial charge in [0.25, 0.3) is 0 Å². The van der Waals surface area contributed by atoms with Crippen LogP contribution in [-0.4, -0.2) is 46.4 Å². The van der Waals surface area contributed by atoms with Crippen molar-refractivity contribution in [3.63, 3.8) is 0 Å². The third kappa shape index (κ3) is 3.06. The van der Waals surface area contributed by atoms with Crippen molar-refractivity contribution in [2.45, 2.75) is 38.9 Å². The van der Waals surface area contributed by atoms with E-state index in [9.17, 15) is 0 Å². The molecule has 1 aliphatic rings. The lowest BCUT2D eigenvalue weighted by atomic mass is 10.2. The van der Waals surface area contributed by atoms with Gasteiger partial charge in [0, 0.05) is 37.6 Å². The van der Waals surface area contributed by atoms with Gasteiger partial charge in [0.2, 0.25) is 0 Å². The van der Waals surface area contributed by atoms with Gasteiger partial charge in [-0.15, -0.1) is 0 Å². The molecule has 0 amide bonds. The Bertz CT molecular complexity index is 294. The highest BCUT2D eigenvalue weighted by Crippen LogP contribution is 2.11. The normalized spacial score (nSPS) is 22.1. The molecular formula is C12H22N4. The van der Waals surface area contributed by atoms with E-state index in [4.69, 9.17) is 0 Å². The molecule has 4 heteroatoms. The molecule has 1 fully saturated rings. The van der Waals surface area contributed by atoms with Crippen LogP contribution in [0.25, 0.3) is 0 Å². The van der Waals surface area contributed by atoms with Gasteiger partial charge in [-0.2, -0.15) is 5.10 Å². The number of hydrogen-bond acceptors (Lipinski definition) is 3. The number of hydrogen-bond donors (Lipinski definition) is 1. The first-order chi connectivity index (χ1) is 7.75. The molecule has 1 atom stereocenters. The van der Waals surface area contributed by atoms with Gasteiger partial charge in [-0.25, -0.2) is 0 Å². The summed E-state index contributed by atoms with van der Waals surface area (Å²) in [5.74, 6) is 0. The van der Waals surface area contributed by atoms with Gasteiger partial charge < -0.3 is 5.32 Å². The smallest absolute Gasteiger partial charge is 0.0534 e. The van der Waals surface area contributed by atoms with Crippen LogP contribution in [0.3, 0.4) is 0 Å². The molecule has 2 rings (SSSR count). The lowest BCUT2D eigenvalue weighted by Crippen LogP contribution is -2.36. The Morgan fingerprint density at radius 3 is 3.00 bits per heavy atom. The van der Waals surface area contributed by atoms with E-state index >= 15 is 0 Å². The molecule has 0 saturated carbocycles. The molecule has 90 valence electrons. The fourth-order valence-corrected chi connectivity index (χ4v) is 2.24. The molecule has 1 aromatic rings. The lowest BCUT2D eigenvalue weighted by Gasteiger charge is -2.20. The first kappa shape index (κ1) is 11.6. The van der Waals surface area contributed by atoms with Crippen LogP contribution in [0, 0.1) is 0 Å². The molecule has 0 aromatic carbocycles. The maximum absolute atomic E-state index is 4.19. The maximum Gasteiger partial charge on any atom is 0.0534 e. The average Bonchev–Trinajstić information content (AvgIpc) is 2.87. The van der Waals surface area contributed by atoms with E-state index in [2.05, 4.69) is 29.2 Å². The summed E-state index contributed by atoms with van der Waals surface area (Å²) < 4.78 is 1.97. The van der Waals surface area contributed by atoms with E-state index in [0.29, 0.717) is 12.1 Å². The van der Waals surface area contributed by atoms with Gasteiger partial charge in [-0.1, -0.05) is 0 Å². The molecule has 1 aliphatic heterocycles. The Balaban J connectivity index is 1.64. The zero-order chi connectivity index (χ0) is 11.4. The van der Waals surface area contributed by atoms with Crippen molar-refractivity contribution in [1.29, 1.82) is 0 Å². The van der Waals surface area contributed by atoms with Gasteiger partial charge in [0.15, 0.2) is 0 Å². The molecular weight excluding hydrogens is 200 g/mol. The van der Waals surface area contributed by atoms with Crippen LogP contribution >= 0.6 is 0 Å². The Morgan fingerprint density at radius 1 is 1.50 bits per heavy atom. The SMILES string of the molecule is CC(C)N1CCC(NCCn2cccn2)C1. The molecule has 1 unspecified atom stereocenters. The minimum Gasteiger partial charge on any atom is -0.311 e. The van der Waals surface area contributed by atoms with E-state index in [1.807, 2.05) is 23.1 Å². The van der Waals surface area contributed by atoms with Crippen molar-refractivity contribution < 1.29 is 0 Å². The van der Waals surface area contributed by atoms with Crippen molar-refractivity contribution in [3.8, 4) is 0 Å². The minimum absolute atomic E-state index is 0.665. The monoisotopic (exact) mass is 222 g/mol. The number of nitrogens with zero attached hydrogens (tertiary/aromatic N) is 3. The van der Waals surface area contributed by atoms with Crippen LogP contribution in [0.2, 0.25) is 0 Å². The Labute approximate surface area is 97.6 Å². The summed E-state index contributed by atoms with van der Waals surface area (Å²) in [7, 11) is 0. The number of nitrogens with one attached hydrogen (secondary N) is 1. The summed E-state index contributed by atoms with van der Waals surface area (Å²) >= 11 is 0. The van der Waals surface area contributed by atoms with Crippen LogP contribution in [0.4, 0.5) is 0 Å². The highest BCUT2D eigenvalue weighted by molar-refractivity contribution is 4.83. The van der Waals surface area contributed by atoms with Gasteiger partial charge in [-0.3, -0.25) is 9.58 Å². The molecule has 16 heavy (non-hydrogen) atoms. The zero-order valence-electron chi connectivity index (χ0n) is 10.3. The Kier molecular flexibility index (Phi) is 3.96. The first-order valence-electron chi connectivity index (χ1n) is 6.20. The first-order valence-corrected chi connectivity index (χ1v) is 6.20. The number of likely N-dealkylation sites (tertiary alicyclic amines) is 1. The average molecular weight is 222 g/mol. The van der Waals surface area contributed by atoms with Crippen molar-refractivity contribution in [2.24, 2.45) is 0 Å². The lowest BCUT2D eigenvalue weighted by molar-refractivity contribution is 0.268. The van der Waals surface area contributed by atoms with Gasteiger partial charge >= 0.3 is 0 Å². The molecule has 0 aliphatic carbocycles. The van der Waals surface area contributed by atoms with Crippen LogP contribution in [0.5, 0.6) is 0 Å². The van der Waals surface area contributed by atoms with E-state index in [0.717, 1.165) is 13.1 Å². The second-order valence-electron chi connectivity index (χ2n) is 4.80. The topological polar surface area (TPSA) is 33.1 Å². The van der Waals surface area contributed by atoms with E-state index in [1.54, 1.807) is 0 Å². The van der Waals surface area contributed by atoms with Crippen molar-refractivity contribution >= 4 is 0 Å². The predicted molar refractivity (Wildman–Crippen MR) is 65.3 cm³/mol. The van der Waals surface area contributed by atoms with Crippen LogP contribution in [-0.2, 0) is 6.54 Å². The minimum atomic E-state index is 0.665. The fraction of sp³-hybridized carbons (Fsp3) is 0.750. The fourth-order valence-electron chi connectivity index (χ4n) is 2.24. The summed E-state index contributed by atoms with van der Waals surface area (Å²) in [6, 6.07) is 3.31. The van der Waals surface area contributed by atoms with E-state index in [-0.39, 0.29) is 0 Å². The number of rotatable bonds is 5. The maximum atomic E-state index is 4.19. The molecule has 1 saturated heterocycles. The molecule has 1 aromatic heterocycles. The molecule has 2 heterocycles. The second kappa shape index (κ2) is 5.46. The van der Waals surface area contributed by atoms with Crippen LogP contribution < -0.4 is 5.32 Å². The summed E-state index contributed by atoms with van der Waals surface area (Å²) in [6.45, 7) is 8.94. The molecule has 4 nitrogen and oxygen atoms in total. The molecule has 0 spiro atoms. The highest BCUT2D eigenvalue weighted by atomic mass is 15.3. The summed E-state index contributed by atoms with van der Waals surface area (Å²) in [6.07, 6.45) is 5.12. The Morgan fingerprint density at radius 2 is 2.38 bits per heavy atom. The third-order valence-electron chi connectivity index (χ3n) is 3.28. The Hall–Kier alpha value is -0.870. The van der Waals surface area contributed by atoms with E-state index in [1.165, 1.54) is 19.5 Å². The molecule has 0 bridgehead atoms. The van der Waals surface area contributed by atoms with Gasteiger partial charge in [0.1, 0.15) is 0 Å². The third-order valence-corrected chi connectivity index (χ3v) is 3.28. The second-order valence-corrected chi connectivity index (χ2v) is 4.80. The summed E-state index contributed by atoms with van der Waals surface area (Å²) in [5, 5.41) is 7.79. The summed E-state index contributed by atoms with van der Waals surface area (Å²) in [4.78, 5) is 2.53. The van der Waals surface area contributed by atoms with Crippen molar-refractivity contribution in [2.75, 3.05) is 19.6 Å². The summed E-state index contributed by atoms with van der Waals surface area (Å²) in [5.41, 5.74) is 0. The molecule has 0 radical (unpaired) electrons. The molecule has 1 N–H and O–H groups in total. The zero-order valence-corrected chi connectivity index (χ0v) is 10.3. The quantitative estimate of drug-likeness (QED) is 0.805. The highest BCUT2D eigenvalue weighted by Gasteiger charge is 2.23. The van der Waals surface area contributed by atoms with Crippen LogP contribution in [0.15, 0.2) is 18.5 Å².